The van der Waals surface area contributed by atoms with Crippen molar-refractivity contribution in [2.45, 2.75) is 70.4 Å². The topological polar surface area (TPSA) is 50.2 Å². The minimum atomic E-state index is 0.0510. The van der Waals surface area contributed by atoms with Crippen LogP contribution in [0.3, 0.4) is 0 Å². The highest BCUT2D eigenvalue weighted by atomic mass is 16.2. The molecule has 4 rings (SSSR count). The second-order valence-electron chi connectivity index (χ2n) is 8.23. The quantitative estimate of drug-likeness (QED) is 0.793. The Morgan fingerprint density at radius 3 is 2.52 bits per heavy atom. The summed E-state index contributed by atoms with van der Waals surface area (Å²) in [6.07, 6.45) is 7.37. The first kappa shape index (κ1) is 18.2. The van der Waals surface area contributed by atoms with E-state index in [9.17, 15) is 4.79 Å². The lowest BCUT2D eigenvalue weighted by Gasteiger charge is -2.31. The maximum atomic E-state index is 12.9. The molecule has 0 atom stereocenters. The minimum Gasteiger partial charge on any atom is -0.309 e. The zero-order valence-corrected chi connectivity index (χ0v) is 16.4. The summed E-state index contributed by atoms with van der Waals surface area (Å²) < 4.78 is 1.88. The molecule has 5 nitrogen and oxygen atoms in total. The SMILES string of the molecule is CC(C)N(CC(=O)Nc1cc(C2CC2)nn1-c1ccccc1)C1CCCC1. The van der Waals surface area contributed by atoms with Crippen molar-refractivity contribution in [3.05, 3.63) is 42.1 Å². The molecule has 1 heterocycles. The standard InChI is InChI=1S/C22H30N4O/c1-16(2)25(18-8-6-7-9-18)15-22(27)23-21-14-20(17-12-13-17)24-26(21)19-10-4-3-5-11-19/h3-5,10-11,14,16-18H,6-9,12-13,15H2,1-2H3,(H,23,27). The summed E-state index contributed by atoms with van der Waals surface area (Å²) in [5.41, 5.74) is 2.07. The number of hydrogen-bond donors (Lipinski definition) is 1. The Labute approximate surface area is 161 Å². The van der Waals surface area contributed by atoms with Crippen molar-refractivity contribution >= 4 is 11.7 Å². The van der Waals surface area contributed by atoms with E-state index in [0.29, 0.717) is 24.5 Å². The fourth-order valence-electron chi connectivity index (χ4n) is 4.15. The molecule has 2 aliphatic rings. The zero-order valence-electron chi connectivity index (χ0n) is 16.4. The van der Waals surface area contributed by atoms with Crippen LogP contribution < -0.4 is 5.32 Å². The number of hydrogen-bond acceptors (Lipinski definition) is 3. The maximum absolute atomic E-state index is 12.9. The van der Waals surface area contributed by atoms with Gasteiger partial charge in [-0.2, -0.15) is 5.10 Å². The van der Waals surface area contributed by atoms with Crippen LogP contribution >= 0.6 is 0 Å². The van der Waals surface area contributed by atoms with Crippen molar-refractivity contribution in [1.29, 1.82) is 0 Å². The van der Waals surface area contributed by atoms with Gasteiger partial charge in [-0.1, -0.05) is 31.0 Å². The van der Waals surface area contributed by atoms with Gasteiger partial charge in [0, 0.05) is 24.1 Å². The molecule has 2 aromatic rings. The molecule has 2 fully saturated rings. The lowest BCUT2D eigenvalue weighted by molar-refractivity contribution is -0.118. The van der Waals surface area contributed by atoms with Gasteiger partial charge in [0.05, 0.1) is 17.9 Å². The molecule has 1 N–H and O–H groups in total. The average molecular weight is 367 g/mol. The van der Waals surface area contributed by atoms with Crippen LogP contribution in [-0.2, 0) is 4.79 Å². The Kier molecular flexibility index (Phi) is 5.30. The van der Waals surface area contributed by atoms with Gasteiger partial charge in [-0.05, 0) is 51.7 Å². The third-order valence-electron chi connectivity index (χ3n) is 5.78. The Balaban J connectivity index is 1.51. The predicted octanol–water partition coefficient (Wildman–Crippen LogP) is 4.34. The molecular formula is C22H30N4O. The Morgan fingerprint density at radius 1 is 1.19 bits per heavy atom. The molecule has 0 spiro atoms. The van der Waals surface area contributed by atoms with Crippen LogP contribution in [0, 0.1) is 0 Å². The van der Waals surface area contributed by atoms with Crippen LogP contribution in [0.2, 0.25) is 0 Å². The summed E-state index contributed by atoms with van der Waals surface area (Å²) in [5.74, 6) is 1.38. The monoisotopic (exact) mass is 366 g/mol. The number of anilines is 1. The molecule has 1 aromatic heterocycles. The molecule has 0 saturated heterocycles. The van der Waals surface area contributed by atoms with E-state index >= 15 is 0 Å². The number of para-hydroxylation sites is 1. The third-order valence-corrected chi connectivity index (χ3v) is 5.78. The Hall–Kier alpha value is -2.14. The number of rotatable bonds is 7. The number of amides is 1. The van der Waals surface area contributed by atoms with Gasteiger partial charge in [0.1, 0.15) is 5.82 Å². The molecule has 5 heteroatoms. The molecule has 27 heavy (non-hydrogen) atoms. The lowest BCUT2D eigenvalue weighted by Crippen LogP contribution is -2.44. The van der Waals surface area contributed by atoms with Crippen LogP contribution in [0.5, 0.6) is 0 Å². The molecule has 2 saturated carbocycles. The Morgan fingerprint density at radius 2 is 1.89 bits per heavy atom. The normalized spacial score (nSPS) is 17.8. The number of aromatic nitrogens is 2. The van der Waals surface area contributed by atoms with E-state index < -0.39 is 0 Å². The van der Waals surface area contributed by atoms with Crippen molar-refractivity contribution in [1.82, 2.24) is 14.7 Å². The lowest BCUT2D eigenvalue weighted by atomic mass is 10.1. The molecule has 0 radical (unpaired) electrons. The van der Waals surface area contributed by atoms with Crippen molar-refractivity contribution in [2.24, 2.45) is 0 Å². The summed E-state index contributed by atoms with van der Waals surface area (Å²) in [6.45, 7) is 4.82. The summed E-state index contributed by atoms with van der Waals surface area (Å²) in [4.78, 5) is 15.2. The number of carbonyl (C=O) groups is 1. The van der Waals surface area contributed by atoms with Crippen molar-refractivity contribution in [3.63, 3.8) is 0 Å². The Bertz CT molecular complexity index is 773. The van der Waals surface area contributed by atoms with E-state index in [1.807, 2.05) is 35.0 Å². The molecule has 144 valence electrons. The third kappa shape index (κ3) is 4.24. The van der Waals surface area contributed by atoms with Gasteiger partial charge < -0.3 is 5.32 Å². The first-order valence-corrected chi connectivity index (χ1v) is 10.3. The molecule has 0 bridgehead atoms. The number of benzene rings is 1. The van der Waals surface area contributed by atoms with Gasteiger partial charge in [-0.25, -0.2) is 4.68 Å². The van der Waals surface area contributed by atoms with Gasteiger partial charge in [0.2, 0.25) is 5.91 Å². The van der Waals surface area contributed by atoms with Crippen LogP contribution in [-0.4, -0.2) is 39.2 Å². The first-order valence-electron chi connectivity index (χ1n) is 10.3. The highest BCUT2D eigenvalue weighted by Crippen LogP contribution is 2.40. The van der Waals surface area contributed by atoms with Crippen LogP contribution in [0.1, 0.15) is 64.0 Å². The summed E-state index contributed by atoms with van der Waals surface area (Å²) in [6, 6.07) is 13.0. The van der Waals surface area contributed by atoms with Gasteiger partial charge in [-0.3, -0.25) is 9.69 Å². The predicted molar refractivity (Wildman–Crippen MR) is 108 cm³/mol. The van der Waals surface area contributed by atoms with Crippen molar-refractivity contribution < 1.29 is 4.79 Å². The summed E-state index contributed by atoms with van der Waals surface area (Å²) in [7, 11) is 0. The van der Waals surface area contributed by atoms with Crippen LogP contribution in [0.4, 0.5) is 5.82 Å². The molecular weight excluding hydrogens is 336 g/mol. The average Bonchev–Trinajstić information content (AvgIpc) is 3.21. The first-order chi connectivity index (χ1) is 13.1. The van der Waals surface area contributed by atoms with Gasteiger partial charge in [-0.15, -0.1) is 0 Å². The van der Waals surface area contributed by atoms with Crippen molar-refractivity contribution in [2.75, 3.05) is 11.9 Å². The zero-order chi connectivity index (χ0) is 18.8. The number of nitrogens with zero attached hydrogens (tertiary/aromatic N) is 3. The molecule has 0 aliphatic heterocycles. The van der Waals surface area contributed by atoms with Crippen molar-refractivity contribution in [3.8, 4) is 5.69 Å². The van der Waals surface area contributed by atoms with Gasteiger partial charge in [0.25, 0.3) is 0 Å². The second-order valence-corrected chi connectivity index (χ2v) is 8.23. The number of carbonyl (C=O) groups excluding carboxylic acids is 1. The van der Waals surface area contributed by atoms with Gasteiger partial charge in [0.15, 0.2) is 0 Å². The van der Waals surface area contributed by atoms with Crippen LogP contribution in [0.25, 0.3) is 5.69 Å². The molecule has 2 aliphatic carbocycles. The van der Waals surface area contributed by atoms with E-state index in [1.165, 1.54) is 38.5 Å². The molecule has 1 aromatic carbocycles. The van der Waals surface area contributed by atoms with E-state index in [1.54, 1.807) is 0 Å². The second kappa shape index (κ2) is 7.85. The van der Waals surface area contributed by atoms with E-state index in [2.05, 4.69) is 30.1 Å². The molecule has 0 unspecified atom stereocenters. The highest BCUT2D eigenvalue weighted by molar-refractivity contribution is 5.91. The van der Waals surface area contributed by atoms with Gasteiger partial charge >= 0.3 is 0 Å². The fourth-order valence-corrected chi connectivity index (χ4v) is 4.15. The maximum Gasteiger partial charge on any atom is 0.239 e. The van der Waals surface area contributed by atoms with E-state index in [0.717, 1.165) is 17.2 Å². The van der Waals surface area contributed by atoms with E-state index in [4.69, 9.17) is 5.10 Å². The fraction of sp³-hybridized carbons (Fsp3) is 0.545. The largest absolute Gasteiger partial charge is 0.309 e. The minimum absolute atomic E-state index is 0.0510. The summed E-state index contributed by atoms with van der Waals surface area (Å²) in [5, 5.41) is 7.92. The highest BCUT2D eigenvalue weighted by Gasteiger charge is 2.29. The summed E-state index contributed by atoms with van der Waals surface area (Å²) >= 11 is 0. The van der Waals surface area contributed by atoms with E-state index in [-0.39, 0.29) is 5.91 Å². The molecule has 1 amide bonds. The smallest absolute Gasteiger partial charge is 0.239 e. The number of nitrogens with one attached hydrogen (secondary N) is 1. The van der Waals surface area contributed by atoms with Crippen LogP contribution in [0.15, 0.2) is 36.4 Å².